The van der Waals surface area contributed by atoms with Crippen molar-refractivity contribution in [2.45, 2.75) is 51.3 Å². The maximum absolute atomic E-state index is 11.7. The largest absolute Gasteiger partial charge is 0.231 e. The van der Waals surface area contributed by atoms with E-state index < -0.39 is 19.8 Å². The Bertz CT molecular complexity index is 288. The van der Waals surface area contributed by atoms with Gasteiger partial charge in [-0.05, 0) is 33.6 Å². The lowest BCUT2D eigenvalue weighted by Crippen LogP contribution is -2.51. The third-order valence-corrected chi connectivity index (χ3v) is 5.16. The molecule has 86 valence electrons. The van der Waals surface area contributed by atoms with Gasteiger partial charge in [0, 0.05) is 5.54 Å². The average Bonchev–Trinajstić information content (AvgIpc) is 1.80. The van der Waals surface area contributed by atoms with E-state index in [1.54, 1.807) is 0 Å². The monoisotopic (exact) mass is 241 g/mol. The predicted octanol–water partition coefficient (Wildman–Crippen LogP) is 2.32. The fourth-order valence-corrected chi connectivity index (χ4v) is 1.87. The second-order valence-corrected chi connectivity index (χ2v) is 8.25. The van der Waals surface area contributed by atoms with Gasteiger partial charge in [0.25, 0.3) is 0 Å². The van der Waals surface area contributed by atoms with Gasteiger partial charge >= 0.3 is 0 Å². The average molecular weight is 242 g/mol. The second-order valence-electron chi connectivity index (χ2n) is 4.85. The number of sulfonamides is 1. The molecule has 0 amide bonds. The Morgan fingerprint density at radius 2 is 1.50 bits per heavy atom. The van der Waals surface area contributed by atoms with Crippen molar-refractivity contribution in [1.29, 1.82) is 0 Å². The molecule has 0 aliphatic carbocycles. The van der Waals surface area contributed by atoms with Crippen LogP contribution in [0.3, 0.4) is 0 Å². The zero-order valence-corrected chi connectivity index (χ0v) is 11.3. The summed E-state index contributed by atoms with van der Waals surface area (Å²) in [6, 6.07) is 0. The summed E-state index contributed by atoms with van der Waals surface area (Å²) < 4.78 is 24.8. The minimum Gasteiger partial charge on any atom is -0.211 e. The Morgan fingerprint density at radius 3 is 1.71 bits per heavy atom. The van der Waals surface area contributed by atoms with Gasteiger partial charge in [-0.25, -0.2) is 13.1 Å². The first-order valence-electron chi connectivity index (χ1n) is 4.62. The van der Waals surface area contributed by atoms with Crippen LogP contribution in [-0.4, -0.2) is 18.2 Å². The van der Waals surface area contributed by atoms with Gasteiger partial charge in [-0.1, -0.05) is 13.8 Å². The maximum Gasteiger partial charge on any atom is 0.231 e. The predicted molar refractivity (Wildman–Crippen MR) is 60.9 cm³/mol. The maximum atomic E-state index is 11.7. The van der Waals surface area contributed by atoms with Crippen molar-refractivity contribution in [2.75, 3.05) is 0 Å². The summed E-state index contributed by atoms with van der Waals surface area (Å²) in [7, 11) is -3.49. The molecule has 0 atom stereocenters. The van der Waals surface area contributed by atoms with E-state index in [9.17, 15) is 8.42 Å². The lowest BCUT2D eigenvalue weighted by atomic mass is 9.92. The fourth-order valence-electron chi connectivity index (χ4n) is 0.586. The van der Waals surface area contributed by atoms with Crippen molar-refractivity contribution >= 4 is 21.6 Å². The third kappa shape index (κ3) is 3.41. The van der Waals surface area contributed by atoms with Crippen LogP contribution in [-0.2, 0) is 10.0 Å². The van der Waals surface area contributed by atoms with Crippen LogP contribution in [0.5, 0.6) is 0 Å². The molecule has 14 heavy (non-hydrogen) atoms. The molecule has 1 N–H and O–H groups in total. The van der Waals surface area contributed by atoms with Crippen molar-refractivity contribution in [1.82, 2.24) is 4.72 Å². The SMILES string of the molecule is CC(C)C(C)(C)NS(=O)(=O)C(C)(C)Cl. The topological polar surface area (TPSA) is 46.2 Å². The van der Waals surface area contributed by atoms with E-state index in [0.717, 1.165) is 0 Å². The molecule has 0 aromatic heterocycles. The van der Waals surface area contributed by atoms with Crippen LogP contribution in [0.2, 0.25) is 0 Å². The third-order valence-electron chi connectivity index (χ3n) is 2.48. The van der Waals surface area contributed by atoms with Crippen molar-refractivity contribution in [3.05, 3.63) is 0 Å². The number of nitrogens with one attached hydrogen (secondary N) is 1. The summed E-state index contributed by atoms with van der Waals surface area (Å²) in [6.07, 6.45) is 0. The van der Waals surface area contributed by atoms with Gasteiger partial charge in [-0.2, -0.15) is 0 Å². The van der Waals surface area contributed by atoms with Gasteiger partial charge in [-0.15, -0.1) is 11.6 Å². The highest BCUT2D eigenvalue weighted by molar-refractivity contribution is 7.92. The molecule has 0 saturated heterocycles. The normalized spacial score (nSPS) is 14.9. The Labute approximate surface area is 92.3 Å². The van der Waals surface area contributed by atoms with E-state index in [2.05, 4.69) is 4.72 Å². The van der Waals surface area contributed by atoms with E-state index in [1.165, 1.54) is 13.8 Å². The van der Waals surface area contributed by atoms with Crippen LogP contribution >= 0.6 is 11.6 Å². The Balaban J connectivity index is 4.88. The molecule has 0 rings (SSSR count). The zero-order chi connectivity index (χ0) is 11.8. The molecule has 5 heteroatoms. The van der Waals surface area contributed by atoms with Crippen LogP contribution in [0, 0.1) is 5.92 Å². The minimum absolute atomic E-state index is 0.205. The summed E-state index contributed by atoms with van der Waals surface area (Å²) in [5.41, 5.74) is -0.481. The van der Waals surface area contributed by atoms with Gasteiger partial charge in [0.1, 0.15) is 0 Å². The molecule has 0 bridgehead atoms. The minimum atomic E-state index is -3.49. The van der Waals surface area contributed by atoms with Crippen LogP contribution in [0.15, 0.2) is 0 Å². The lowest BCUT2D eigenvalue weighted by Gasteiger charge is -2.32. The first-order chi connectivity index (χ1) is 5.90. The second kappa shape index (κ2) is 3.99. The van der Waals surface area contributed by atoms with E-state index in [4.69, 9.17) is 11.6 Å². The molecular weight excluding hydrogens is 222 g/mol. The van der Waals surface area contributed by atoms with E-state index in [0.29, 0.717) is 0 Å². The first-order valence-corrected chi connectivity index (χ1v) is 6.49. The van der Waals surface area contributed by atoms with Crippen molar-refractivity contribution in [3.8, 4) is 0 Å². The number of halogens is 1. The molecule has 0 aromatic carbocycles. The molecule has 0 radical (unpaired) electrons. The van der Waals surface area contributed by atoms with Crippen LogP contribution < -0.4 is 4.72 Å². The van der Waals surface area contributed by atoms with Gasteiger partial charge in [0.2, 0.25) is 10.0 Å². The molecule has 0 aliphatic rings. The highest BCUT2D eigenvalue weighted by Gasteiger charge is 2.37. The highest BCUT2D eigenvalue weighted by atomic mass is 35.5. The Morgan fingerprint density at radius 1 is 1.14 bits per heavy atom. The zero-order valence-electron chi connectivity index (χ0n) is 9.68. The Kier molecular flexibility index (Phi) is 4.04. The van der Waals surface area contributed by atoms with E-state index in [1.807, 2.05) is 27.7 Å². The molecule has 0 aromatic rings. The van der Waals surface area contributed by atoms with Crippen molar-refractivity contribution < 1.29 is 8.42 Å². The Hall–Kier alpha value is 0.200. The lowest BCUT2D eigenvalue weighted by molar-refractivity contribution is 0.334. The summed E-state index contributed by atoms with van der Waals surface area (Å²) in [6.45, 7) is 10.5. The van der Waals surface area contributed by atoms with Gasteiger partial charge in [-0.3, -0.25) is 0 Å². The van der Waals surface area contributed by atoms with Crippen LogP contribution in [0.25, 0.3) is 0 Å². The number of alkyl halides is 1. The van der Waals surface area contributed by atoms with Gasteiger partial charge in [0.15, 0.2) is 4.21 Å². The molecule has 0 aliphatic heterocycles. The van der Waals surface area contributed by atoms with Crippen LogP contribution in [0.1, 0.15) is 41.5 Å². The van der Waals surface area contributed by atoms with E-state index >= 15 is 0 Å². The molecule has 3 nitrogen and oxygen atoms in total. The number of rotatable bonds is 4. The molecule has 0 heterocycles. The number of hydrogen-bond acceptors (Lipinski definition) is 2. The van der Waals surface area contributed by atoms with Gasteiger partial charge < -0.3 is 0 Å². The molecule has 0 fully saturated rings. The smallest absolute Gasteiger partial charge is 0.211 e. The molecule has 0 spiro atoms. The fraction of sp³-hybridized carbons (Fsp3) is 1.00. The number of hydrogen-bond donors (Lipinski definition) is 1. The van der Waals surface area contributed by atoms with Crippen molar-refractivity contribution in [2.24, 2.45) is 5.92 Å². The van der Waals surface area contributed by atoms with Crippen molar-refractivity contribution in [3.63, 3.8) is 0 Å². The summed E-state index contributed by atoms with van der Waals surface area (Å²) in [5, 5.41) is 0. The highest BCUT2D eigenvalue weighted by Crippen LogP contribution is 2.24. The van der Waals surface area contributed by atoms with E-state index in [-0.39, 0.29) is 5.92 Å². The quantitative estimate of drug-likeness (QED) is 0.768. The molecule has 0 unspecified atom stereocenters. The summed E-state index contributed by atoms with van der Waals surface area (Å²) >= 11 is 5.79. The first kappa shape index (κ1) is 14.2. The van der Waals surface area contributed by atoms with Gasteiger partial charge in [0.05, 0.1) is 0 Å². The molecule has 0 saturated carbocycles. The summed E-state index contributed by atoms with van der Waals surface area (Å²) in [4.78, 5) is 0. The van der Waals surface area contributed by atoms with Crippen LogP contribution in [0.4, 0.5) is 0 Å². The summed E-state index contributed by atoms with van der Waals surface area (Å²) in [5.74, 6) is 0.205. The molecular formula is C9H20ClNO2S. The standard InChI is InChI=1S/C9H20ClNO2S/c1-7(2)8(3,4)11-14(12,13)9(5,6)10/h7,11H,1-6H3.